The molecule has 0 fully saturated rings. The van der Waals surface area contributed by atoms with Crippen LogP contribution in [0.15, 0.2) is 0 Å². The third-order valence-corrected chi connectivity index (χ3v) is 3.08. The maximum atomic E-state index is 4.17. The number of nitrogens with zero attached hydrogens (tertiary/aromatic N) is 3. The highest BCUT2D eigenvalue weighted by Crippen LogP contribution is 2.18. The number of hydrogen-bond donors (Lipinski definition) is 1. The fraction of sp³-hybridized carbons (Fsp3) is 0.800. The Bertz CT molecular complexity index is 270. The fourth-order valence-electron chi connectivity index (χ4n) is 1.34. The summed E-state index contributed by atoms with van der Waals surface area (Å²) in [5.41, 5.74) is 1.08. The molecule has 0 saturated heterocycles. The molecule has 1 aromatic heterocycles. The molecule has 1 rings (SSSR count). The SMILES string of the molecule is CCCNc1snnc1CN(CC)CC. The minimum Gasteiger partial charge on any atom is -0.374 e. The van der Waals surface area contributed by atoms with E-state index in [1.165, 1.54) is 11.5 Å². The molecule has 1 heterocycles. The van der Waals surface area contributed by atoms with Gasteiger partial charge in [0.25, 0.3) is 0 Å². The summed E-state index contributed by atoms with van der Waals surface area (Å²) < 4.78 is 4.00. The van der Waals surface area contributed by atoms with Crippen LogP contribution in [0.3, 0.4) is 0 Å². The van der Waals surface area contributed by atoms with Crippen LogP contribution in [0.1, 0.15) is 32.9 Å². The number of anilines is 1. The smallest absolute Gasteiger partial charge is 0.134 e. The van der Waals surface area contributed by atoms with Gasteiger partial charge >= 0.3 is 0 Å². The zero-order chi connectivity index (χ0) is 11.1. The highest BCUT2D eigenvalue weighted by Gasteiger charge is 2.10. The summed E-state index contributed by atoms with van der Waals surface area (Å²) in [5, 5.41) is 8.66. The number of hydrogen-bond acceptors (Lipinski definition) is 5. The van der Waals surface area contributed by atoms with Crippen molar-refractivity contribution < 1.29 is 0 Å². The van der Waals surface area contributed by atoms with E-state index in [1.54, 1.807) is 0 Å². The first-order valence-corrected chi connectivity index (χ1v) is 6.36. The van der Waals surface area contributed by atoms with Crippen LogP contribution in [0.25, 0.3) is 0 Å². The molecule has 15 heavy (non-hydrogen) atoms. The molecule has 0 aliphatic heterocycles. The Morgan fingerprint density at radius 1 is 1.27 bits per heavy atom. The molecular weight excluding hydrogens is 208 g/mol. The molecule has 0 bridgehead atoms. The zero-order valence-corrected chi connectivity index (χ0v) is 10.6. The maximum Gasteiger partial charge on any atom is 0.134 e. The summed E-state index contributed by atoms with van der Waals surface area (Å²) in [6.07, 6.45) is 1.13. The predicted octanol–water partition coefficient (Wildman–Crippen LogP) is 2.20. The van der Waals surface area contributed by atoms with Crippen molar-refractivity contribution in [2.45, 2.75) is 33.7 Å². The number of rotatable bonds is 7. The molecule has 0 spiro atoms. The largest absolute Gasteiger partial charge is 0.374 e. The van der Waals surface area contributed by atoms with E-state index < -0.39 is 0 Å². The zero-order valence-electron chi connectivity index (χ0n) is 9.79. The van der Waals surface area contributed by atoms with Crippen LogP contribution in [0, 0.1) is 0 Å². The van der Waals surface area contributed by atoms with Crippen molar-refractivity contribution in [3.05, 3.63) is 5.69 Å². The summed E-state index contributed by atoms with van der Waals surface area (Å²) in [5.74, 6) is 0. The lowest BCUT2D eigenvalue weighted by Crippen LogP contribution is -2.23. The van der Waals surface area contributed by atoms with Gasteiger partial charge in [-0.15, -0.1) is 5.10 Å². The first kappa shape index (κ1) is 12.4. The Kier molecular flexibility index (Phi) is 5.57. The molecule has 0 aliphatic carbocycles. The number of nitrogens with one attached hydrogen (secondary N) is 1. The second-order valence-corrected chi connectivity index (χ2v) is 4.19. The van der Waals surface area contributed by atoms with Crippen LogP contribution >= 0.6 is 11.5 Å². The van der Waals surface area contributed by atoms with Crippen molar-refractivity contribution in [3.63, 3.8) is 0 Å². The molecule has 1 aromatic rings. The monoisotopic (exact) mass is 228 g/mol. The van der Waals surface area contributed by atoms with Gasteiger partial charge in [-0.3, -0.25) is 4.90 Å². The summed E-state index contributed by atoms with van der Waals surface area (Å²) in [6, 6.07) is 0. The first-order valence-electron chi connectivity index (χ1n) is 5.59. The van der Waals surface area contributed by atoms with E-state index in [0.717, 1.165) is 43.3 Å². The van der Waals surface area contributed by atoms with E-state index in [9.17, 15) is 0 Å². The van der Waals surface area contributed by atoms with Gasteiger partial charge in [-0.25, -0.2) is 0 Å². The Morgan fingerprint density at radius 3 is 2.60 bits per heavy atom. The van der Waals surface area contributed by atoms with Gasteiger partial charge in [0.2, 0.25) is 0 Å². The quantitative estimate of drug-likeness (QED) is 0.777. The Morgan fingerprint density at radius 2 is 2.00 bits per heavy atom. The summed E-state index contributed by atoms with van der Waals surface area (Å²) in [7, 11) is 0. The van der Waals surface area contributed by atoms with Gasteiger partial charge in [0.15, 0.2) is 0 Å². The Balaban J connectivity index is 2.55. The third kappa shape index (κ3) is 3.76. The molecule has 0 radical (unpaired) electrons. The fourth-order valence-corrected chi connectivity index (χ4v) is 1.94. The minimum absolute atomic E-state index is 0.898. The topological polar surface area (TPSA) is 41.1 Å². The van der Waals surface area contributed by atoms with Gasteiger partial charge in [-0.05, 0) is 19.5 Å². The lowest BCUT2D eigenvalue weighted by molar-refractivity contribution is 0.292. The van der Waals surface area contributed by atoms with Crippen LogP contribution in [0.2, 0.25) is 0 Å². The molecule has 4 nitrogen and oxygen atoms in total. The molecule has 0 unspecified atom stereocenters. The molecule has 0 atom stereocenters. The molecule has 0 amide bonds. The normalized spacial score (nSPS) is 10.9. The molecule has 5 heteroatoms. The van der Waals surface area contributed by atoms with Crippen molar-refractivity contribution in [3.8, 4) is 0 Å². The van der Waals surface area contributed by atoms with Crippen LogP contribution in [0.5, 0.6) is 0 Å². The van der Waals surface area contributed by atoms with Gasteiger partial charge in [0.1, 0.15) is 10.7 Å². The predicted molar refractivity (Wildman–Crippen MR) is 65.3 cm³/mol. The average Bonchev–Trinajstić information content (AvgIpc) is 2.70. The molecule has 86 valence electrons. The lowest BCUT2D eigenvalue weighted by Gasteiger charge is -2.16. The van der Waals surface area contributed by atoms with Crippen LogP contribution in [-0.2, 0) is 6.54 Å². The second kappa shape index (κ2) is 6.74. The van der Waals surface area contributed by atoms with E-state index in [1.807, 2.05) is 0 Å². The van der Waals surface area contributed by atoms with E-state index in [-0.39, 0.29) is 0 Å². The van der Waals surface area contributed by atoms with Crippen molar-refractivity contribution >= 4 is 16.5 Å². The number of aromatic nitrogens is 2. The maximum absolute atomic E-state index is 4.17. The molecule has 0 aromatic carbocycles. The molecule has 1 N–H and O–H groups in total. The van der Waals surface area contributed by atoms with Crippen molar-refractivity contribution in [2.24, 2.45) is 0 Å². The summed E-state index contributed by atoms with van der Waals surface area (Å²) in [4.78, 5) is 2.34. The second-order valence-electron chi connectivity index (χ2n) is 3.44. The highest BCUT2D eigenvalue weighted by atomic mass is 32.1. The van der Waals surface area contributed by atoms with Crippen LogP contribution in [0.4, 0.5) is 5.00 Å². The minimum atomic E-state index is 0.898. The molecule has 0 saturated carbocycles. The van der Waals surface area contributed by atoms with E-state index >= 15 is 0 Å². The van der Waals surface area contributed by atoms with Gasteiger partial charge in [-0.1, -0.05) is 25.3 Å². The van der Waals surface area contributed by atoms with Gasteiger partial charge in [0.05, 0.1) is 0 Å². The van der Waals surface area contributed by atoms with E-state index in [2.05, 4.69) is 40.6 Å². The van der Waals surface area contributed by atoms with E-state index in [4.69, 9.17) is 0 Å². The molecular formula is C10H20N4S. The standard InChI is InChI=1S/C10H20N4S/c1-4-7-11-10-9(12-13-15-10)8-14(5-2)6-3/h11H,4-8H2,1-3H3. The van der Waals surface area contributed by atoms with Crippen LogP contribution < -0.4 is 5.32 Å². The van der Waals surface area contributed by atoms with Gasteiger partial charge in [0, 0.05) is 24.6 Å². The summed E-state index contributed by atoms with van der Waals surface area (Å²) in [6.45, 7) is 10.5. The van der Waals surface area contributed by atoms with Crippen LogP contribution in [-0.4, -0.2) is 34.1 Å². The Labute approximate surface area is 95.8 Å². The first-order chi connectivity index (χ1) is 7.31. The summed E-state index contributed by atoms with van der Waals surface area (Å²) >= 11 is 1.45. The third-order valence-electron chi connectivity index (χ3n) is 2.36. The van der Waals surface area contributed by atoms with Crippen molar-refractivity contribution in [2.75, 3.05) is 25.0 Å². The van der Waals surface area contributed by atoms with Gasteiger partial charge in [-0.2, -0.15) is 0 Å². The average molecular weight is 228 g/mol. The molecule has 0 aliphatic rings. The van der Waals surface area contributed by atoms with Crippen molar-refractivity contribution in [1.29, 1.82) is 0 Å². The van der Waals surface area contributed by atoms with Crippen molar-refractivity contribution in [1.82, 2.24) is 14.5 Å². The highest BCUT2D eigenvalue weighted by molar-refractivity contribution is 7.10. The van der Waals surface area contributed by atoms with E-state index in [0.29, 0.717) is 0 Å². The van der Waals surface area contributed by atoms with Gasteiger partial charge < -0.3 is 5.32 Å². The lowest BCUT2D eigenvalue weighted by atomic mass is 10.4. The Hall–Kier alpha value is -0.680.